The molecule has 0 bridgehead atoms. The zero-order valence-corrected chi connectivity index (χ0v) is 12.8. The Morgan fingerprint density at radius 1 is 1.06 bits per heavy atom. The Morgan fingerprint density at radius 3 is 2.11 bits per heavy atom. The van der Waals surface area contributed by atoms with E-state index in [1.54, 1.807) is 0 Å². The summed E-state index contributed by atoms with van der Waals surface area (Å²) in [6.07, 6.45) is 0. The van der Waals surface area contributed by atoms with E-state index >= 15 is 0 Å². The molecule has 0 atom stereocenters. The molecule has 1 N–H and O–H groups in total. The number of hydrogen-bond acceptors (Lipinski definition) is 2. The van der Waals surface area contributed by atoms with Gasteiger partial charge in [-0.25, -0.2) is 0 Å². The minimum absolute atomic E-state index is 0.0902. The monoisotopic (exact) mass is 269 g/mol. The fourth-order valence-electron chi connectivity index (χ4n) is 1.36. The Balaban J connectivity index is 2.43. The first-order valence-electron chi connectivity index (χ1n) is 6.31. The molecule has 0 aliphatic heterocycles. The van der Waals surface area contributed by atoms with Crippen molar-refractivity contribution in [2.45, 2.75) is 40.2 Å². The molecule has 1 aromatic carbocycles. The first-order valence-corrected chi connectivity index (χ1v) is 6.69. The second-order valence-corrected chi connectivity index (χ2v) is 6.95. The normalized spacial score (nSPS) is 12.6. The summed E-state index contributed by atoms with van der Waals surface area (Å²) in [7, 11) is 0. The van der Waals surface area contributed by atoms with Crippen LogP contribution in [0.1, 0.15) is 34.6 Å². The van der Waals surface area contributed by atoms with Gasteiger partial charge in [0.1, 0.15) is 5.75 Å². The topological polar surface area (TPSA) is 21.3 Å². The molecule has 0 unspecified atom stereocenters. The highest BCUT2D eigenvalue weighted by molar-refractivity contribution is 6.30. The predicted molar refractivity (Wildman–Crippen MR) is 78.5 cm³/mol. The Bertz CT molecular complexity index is 365. The lowest BCUT2D eigenvalue weighted by Gasteiger charge is -2.30. The third-order valence-corrected chi connectivity index (χ3v) is 2.79. The van der Waals surface area contributed by atoms with Crippen LogP contribution in [0.15, 0.2) is 24.3 Å². The number of hydrogen-bond donors (Lipinski definition) is 1. The van der Waals surface area contributed by atoms with Crippen LogP contribution in [0.25, 0.3) is 0 Å². The Hall–Kier alpha value is -0.730. The molecule has 0 aliphatic carbocycles. The molecule has 0 amide bonds. The SMILES string of the molecule is CC(C)(CNC(C)(C)C)COc1ccc(Cl)cc1. The second kappa shape index (κ2) is 5.94. The van der Waals surface area contributed by atoms with Crippen LogP contribution >= 0.6 is 11.6 Å². The third kappa shape index (κ3) is 6.27. The van der Waals surface area contributed by atoms with Gasteiger partial charge in [-0.05, 0) is 45.0 Å². The Morgan fingerprint density at radius 2 is 1.61 bits per heavy atom. The molecule has 102 valence electrons. The van der Waals surface area contributed by atoms with Crippen molar-refractivity contribution in [3.63, 3.8) is 0 Å². The number of ether oxygens (including phenoxy) is 1. The summed E-state index contributed by atoms with van der Waals surface area (Å²) in [5.41, 5.74) is 0.227. The Labute approximate surface area is 116 Å². The summed E-state index contributed by atoms with van der Waals surface area (Å²) in [4.78, 5) is 0. The van der Waals surface area contributed by atoms with Crippen LogP contribution in [0.5, 0.6) is 5.75 Å². The molecule has 1 rings (SSSR count). The summed E-state index contributed by atoms with van der Waals surface area (Å²) in [6.45, 7) is 12.5. The van der Waals surface area contributed by atoms with Crippen LogP contribution in [-0.4, -0.2) is 18.7 Å². The number of halogens is 1. The van der Waals surface area contributed by atoms with Crippen molar-refractivity contribution >= 4 is 11.6 Å². The second-order valence-electron chi connectivity index (χ2n) is 6.51. The maximum atomic E-state index is 5.84. The minimum Gasteiger partial charge on any atom is -0.493 e. The van der Waals surface area contributed by atoms with Crippen molar-refractivity contribution in [2.75, 3.05) is 13.2 Å². The molecular weight excluding hydrogens is 246 g/mol. The minimum atomic E-state index is 0.0902. The first kappa shape index (κ1) is 15.3. The molecule has 3 heteroatoms. The van der Waals surface area contributed by atoms with Gasteiger partial charge in [0.2, 0.25) is 0 Å². The highest BCUT2D eigenvalue weighted by Gasteiger charge is 2.21. The van der Waals surface area contributed by atoms with Crippen molar-refractivity contribution in [1.29, 1.82) is 0 Å². The summed E-state index contributed by atoms with van der Waals surface area (Å²) in [6, 6.07) is 7.49. The van der Waals surface area contributed by atoms with Crippen LogP contribution in [0.3, 0.4) is 0 Å². The van der Waals surface area contributed by atoms with Gasteiger partial charge in [0.25, 0.3) is 0 Å². The van der Waals surface area contributed by atoms with E-state index in [0.717, 1.165) is 17.3 Å². The average molecular weight is 270 g/mol. The molecule has 2 nitrogen and oxygen atoms in total. The van der Waals surface area contributed by atoms with E-state index in [2.05, 4.69) is 39.9 Å². The highest BCUT2D eigenvalue weighted by Crippen LogP contribution is 2.20. The molecule has 0 aliphatic rings. The molecule has 1 aromatic rings. The number of benzene rings is 1. The van der Waals surface area contributed by atoms with Crippen LogP contribution in [0, 0.1) is 5.41 Å². The third-order valence-electron chi connectivity index (χ3n) is 2.54. The fraction of sp³-hybridized carbons (Fsp3) is 0.600. The van der Waals surface area contributed by atoms with Crippen molar-refractivity contribution in [2.24, 2.45) is 5.41 Å². The zero-order valence-electron chi connectivity index (χ0n) is 12.0. The molecule has 18 heavy (non-hydrogen) atoms. The van der Waals surface area contributed by atoms with Gasteiger partial charge in [0.05, 0.1) is 6.61 Å². The summed E-state index contributed by atoms with van der Waals surface area (Å²) in [5.74, 6) is 0.864. The van der Waals surface area contributed by atoms with Crippen LogP contribution in [0.2, 0.25) is 5.02 Å². The summed E-state index contributed by atoms with van der Waals surface area (Å²) >= 11 is 5.84. The maximum absolute atomic E-state index is 5.84. The lowest BCUT2D eigenvalue weighted by Crippen LogP contribution is -2.43. The quantitative estimate of drug-likeness (QED) is 0.868. The first-order chi connectivity index (χ1) is 8.18. The van der Waals surface area contributed by atoms with Crippen molar-refractivity contribution in [1.82, 2.24) is 5.32 Å². The van der Waals surface area contributed by atoms with Gasteiger partial charge in [-0.2, -0.15) is 0 Å². The van der Waals surface area contributed by atoms with Crippen molar-refractivity contribution in [3.8, 4) is 5.75 Å². The lowest BCUT2D eigenvalue weighted by molar-refractivity contribution is 0.166. The van der Waals surface area contributed by atoms with E-state index in [0.29, 0.717) is 6.61 Å². The van der Waals surface area contributed by atoms with Gasteiger partial charge >= 0.3 is 0 Å². The van der Waals surface area contributed by atoms with Crippen LogP contribution in [-0.2, 0) is 0 Å². The highest BCUT2D eigenvalue weighted by atomic mass is 35.5. The van der Waals surface area contributed by atoms with Gasteiger partial charge in [-0.1, -0.05) is 25.4 Å². The molecule has 0 aromatic heterocycles. The molecule has 0 saturated heterocycles. The Kier molecular flexibility index (Phi) is 5.06. The van der Waals surface area contributed by atoms with Gasteiger partial charge < -0.3 is 10.1 Å². The molecule has 0 radical (unpaired) electrons. The predicted octanol–water partition coefficient (Wildman–Crippen LogP) is 4.13. The lowest BCUT2D eigenvalue weighted by atomic mass is 9.93. The van der Waals surface area contributed by atoms with E-state index in [1.807, 2.05) is 24.3 Å². The molecule has 0 spiro atoms. The van der Waals surface area contributed by atoms with E-state index in [4.69, 9.17) is 16.3 Å². The van der Waals surface area contributed by atoms with E-state index < -0.39 is 0 Å². The largest absolute Gasteiger partial charge is 0.493 e. The van der Waals surface area contributed by atoms with Crippen LogP contribution in [0.4, 0.5) is 0 Å². The van der Waals surface area contributed by atoms with E-state index in [9.17, 15) is 0 Å². The molecular formula is C15H24ClNO. The fourth-order valence-corrected chi connectivity index (χ4v) is 1.49. The number of rotatable bonds is 5. The zero-order chi connectivity index (χ0) is 13.8. The molecule has 0 fully saturated rings. The van der Waals surface area contributed by atoms with Crippen molar-refractivity contribution in [3.05, 3.63) is 29.3 Å². The number of nitrogens with one attached hydrogen (secondary N) is 1. The smallest absolute Gasteiger partial charge is 0.119 e. The maximum Gasteiger partial charge on any atom is 0.119 e. The summed E-state index contributed by atoms with van der Waals surface area (Å²) in [5, 5.41) is 4.24. The van der Waals surface area contributed by atoms with Gasteiger partial charge in [0, 0.05) is 22.5 Å². The molecule has 0 heterocycles. The standard InChI is InChI=1S/C15H24ClNO/c1-14(2,3)17-10-15(4,5)11-18-13-8-6-12(16)7-9-13/h6-9,17H,10-11H2,1-5H3. The van der Waals surface area contributed by atoms with Gasteiger partial charge in [-0.15, -0.1) is 0 Å². The van der Waals surface area contributed by atoms with Crippen LogP contribution < -0.4 is 10.1 Å². The van der Waals surface area contributed by atoms with E-state index in [1.165, 1.54) is 0 Å². The van der Waals surface area contributed by atoms with Gasteiger partial charge in [-0.3, -0.25) is 0 Å². The van der Waals surface area contributed by atoms with Crippen molar-refractivity contribution < 1.29 is 4.74 Å². The molecule has 0 saturated carbocycles. The van der Waals surface area contributed by atoms with E-state index in [-0.39, 0.29) is 11.0 Å². The van der Waals surface area contributed by atoms with Gasteiger partial charge in [0.15, 0.2) is 0 Å². The average Bonchev–Trinajstić information content (AvgIpc) is 2.25. The summed E-state index contributed by atoms with van der Waals surface area (Å²) < 4.78 is 5.79.